The van der Waals surface area contributed by atoms with Gasteiger partial charge in [-0.1, -0.05) is 0 Å². The van der Waals surface area contributed by atoms with Crippen LogP contribution in [0.1, 0.15) is 32.4 Å². The Hall–Kier alpha value is -2.41. The van der Waals surface area contributed by atoms with Gasteiger partial charge in [-0.05, 0) is 38.5 Å². The van der Waals surface area contributed by atoms with Gasteiger partial charge in [0.25, 0.3) is 0 Å². The summed E-state index contributed by atoms with van der Waals surface area (Å²) in [6.45, 7) is 7.57. The topological polar surface area (TPSA) is 72.3 Å². The molecule has 0 radical (unpaired) electrons. The van der Waals surface area contributed by atoms with Gasteiger partial charge < -0.3 is 15.0 Å². The molecule has 0 unspecified atom stereocenters. The maximum atomic E-state index is 12.5. The highest BCUT2D eigenvalue weighted by molar-refractivity contribution is 5.76. The van der Waals surface area contributed by atoms with Gasteiger partial charge in [0.15, 0.2) is 0 Å². The van der Waals surface area contributed by atoms with Crippen molar-refractivity contribution in [2.75, 3.05) is 18.4 Å². The lowest BCUT2D eigenvalue weighted by atomic mass is 10.1. The Kier molecular flexibility index (Phi) is 5.33. The largest absolute Gasteiger partial charge is 0.376 e. The molecule has 0 spiro atoms. The maximum Gasteiger partial charge on any atom is 0.244 e. The number of hydrogen-bond donors (Lipinski definition) is 1. The molecule has 1 N–H and O–H groups in total. The molecule has 1 saturated heterocycles. The lowest BCUT2D eigenvalue weighted by Crippen LogP contribution is -2.49. The van der Waals surface area contributed by atoms with E-state index in [1.54, 1.807) is 23.3 Å². The van der Waals surface area contributed by atoms with Crippen LogP contribution in [0.2, 0.25) is 0 Å². The number of rotatable bonds is 5. The fourth-order valence-electron chi connectivity index (χ4n) is 3.13. The molecular formula is C18H25N5O2. The average molecular weight is 343 g/mol. The second kappa shape index (κ2) is 7.65. The van der Waals surface area contributed by atoms with Crippen molar-refractivity contribution in [3.63, 3.8) is 0 Å². The molecule has 7 nitrogen and oxygen atoms in total. The third kappa shape index (κ3) is 4.57. The van der Waals surface area contributed by atoms with Crippen molar-refractivity contribution in [1.29, 1.82) is 0 Å². The Balaban J connectivity index is 1.57. The Morgan fingerprint density at radius 2 is 2.00 bits per heavy atom. The Labute approximate surface area is 148 Å². The van der Waals surface area contributed by atoms with Gasteiger partial charge >= 0.3 is 0 Å². The highest BCUT2D eigenvalue weighted by atomic mass is 16.5. The van der Waals surface area contributed by atoms with Gasteiger partial charge in [-0.2, -0.15) is 5.10 Å². The number of hydrogen-bond acceptors (Lipinski definition) is 5. The number of amides is 1. The number of aromatic nitrogens is 3. The van der Waals surface area contributed by atoms with E-state index in [9.17, 15) is 4.79 Å². The second-order valence-electron chi connectivity index (χ2n) is 6.63. The highest BCUT2D eigenvalue weighted by Crippen LogP contribution is 2.18. The first-order chi connectivity index (χ1) is 12.0. The number of pyridine rings is 1. The van der Waals surface area contributed by atoms with Crippen molar-refractivity contribution in [1.82, 2.24) is 19.7 Å². The summed E-state index contributed by atoms with van der Waals surface area (Å²) < 4.78 is 7.35. The predicted molar refractivity (Wildman–Crippen MR) is 95.1 cm³/mol. The molecule has 0 saturated carbocycles. The molecule has 1 fully saturated rings. The number of nitrogens with one attached hydrogen (secondary N) is 1. The molecule has 2 aromatic heterocycles. The van der Waals surface area contributed by atoms with E-state index in [0.717, 1.165) is 11.3 Å². The zero-order valence-corrected chi connectivity index (χ0v) is 14.9. The summed E-state index contributed by atoms with van der Waals surface area (Å²) in [7, 11) is 0. The number of carbonyl (C=O) groups excluding carboxylic acids is 1. The molecule has 0 aliphatic carbocycles. The fourth-order valence-corrected chi connectivity index (χ4v) is 3.13. The van der Waals surface area contributed by atoms with E-state index in [2.05, 4.69) is 22.3 Å². The second-order valence-corrected chi connectivity index (χ2v) is 6.63. The standard InChI is InChI=1S/C18H25N5O2/c1-13-9-22(10-14(2)25-13)18(24)12-23-11-17(8-20-23)21-15(3)16-4-6-19-7-5-16/h4-8,11,13-15,21H,9-10,12H2,1-3H3/t13-,14-,15+/m1/s1. The van der Waals surface area contributed by atoms with Gasteiger partial charge in [0.2, 0.25) is 5.91 Å². The molecule has 134 valence electrons. The summed E-state index contributed by atoms with van der Waals surface area (Å²) in [6, 6.07) is 4.09. The SMILES string of the molecule is C[C@@H]1CN(C(=O)Cn2cc(N[C@@H](C)c3ccncc3)cn2)C[C@@H](C)O1. The minimum Gasteiger partial charge on any atom is -0.376 e. The van der Waals surface area contributed by atoms with Crippen LogP contribution in [0.4, 0.5) is 5.69 Å². The van der Waals surface area contributed by atoms with E-state index in [-0.39, 0.29) is 30.7 Å². The Bertz CT molecular complexity index is 693. The zero-order valence-electron chi connectivity index (χ0n) is 14.9. The lowest BCUT2D eigenvalue weighted by molar-refractivity contribution is -0.144. The Morgan fingerprint density at radius 1 is 1.32 bits per heavy atom. The number of carbonyl (C=O) groups is 1. The molecule has 1 amide bonds. The van der Waals surface area contributed by atoms with E-state index >= 15 is 0 Å². The third-order valence-electron chi connectivity index (χ3n) is 4.29. The zero-order chi connectivity index (χ0) is 17.8. The van der Waals surface area contributed by atoms with Crippen LogP contribution in [0.15, 0.2) is 36.9 Å². The van der Waals surface area contributed by atoms with Crippen molar-refractivity contribution in [2.24, 2.45) is 0 Å². The molecule has 2 aromatic rings. The van der Waals surface area contributed by atoms with Crippen molar-refractivity contribution < 1.29 is 9.53 Å². The van der Waals surface area contributed by atoms with Crippen LogP contribution >= 0.6 is 0 Å². The van der Waals surface area contributed by atoms with Gasteiger partial charge in [-0.15, -0.1) is 0 Å². The summed E-state index contributed by atoms with van der Waals surface area (Å²) in [5, 5.41) is 7.69. The van der Waals surface area contributed by atoms with Gasteiger partial charge in [0.05, 0.1) is 24.1 Å². The summed E-state index contributed by atoms with van der Waals surface area (Å²) >= 11 is 0. The number of nitrogens with zero attached hydrogens (tertiary/aromatic N) is 4. The van der Waals surface area contributed by atoms with E-state index in [1.807, 2.05) is 37.1 Å². The molecule has 25 heavy (non-hydrogen) atoms. The van der Waals surface area contributed by atoms with Crippen LogP contribution in [0, 0.1) is 0 Å². The van der Waals surface area contributed by atoms with Gasteiger partial charge in [0, 0.05) is 37.7 Å². The quantitative estimate of drug-likeness (QED) is 0.900. The van der Waals surface area contributed by atoms with E-state index in [0.29, 0.717) is 13.1 Å². The van der Waals surface area contributed by atoms with E-state index in [1.165, 1.54) is 0 Å². The first-order valence-corrected chi connectivity index (χ1v) is 8.63. The van der Waals surface area contributed by atoms with Crippen LogP contribution < -0.4 is 5.32 Å². The minimum absolute atomic E-state index is 0.0684. The maximum absolute atomic E-state index is 12.5. The summed E-state index contributed by atoms with van der Waals surface area (Å²) in [5.74, 6) is 0.0684. The molecule has 0 aromatic carbocycles. The average Bonchev–Trinajstić information content (AvgIpc) is 3.01. The molecule has 0 bridgehead atoms. The van der Waals surface area contributed by atoms with Gasteiger partial charge in [-0.25, -0.2) is 0 Å². The van der Waals surface area contributed by atoms with Crippen LogP contribution in [0.5, 0.6) is 0 Å². The van der Waals surface area contributed by atoms with Crippen molar-refractivity contribution in [3.05, 3.63) is 42.5 Å². The Morgan fingerprint density at radius 3 is 2.68 bits per heavy atom. The van der Waals surface area contributed by atoms with Crippen molar-refractivity contribution >= 4 is 11.6 Å². The number of ether oxygens (including phenoxy) is 1. The van der Waals surface area contributed by atoms with Crippen LogP contribution in [0.3, 0.4) is 0 Å². The summed E-state index contributed by atoms with van der Waals surface area (Å²) in [4.78, 5) is 18.4. The van der Waals surface area contributed by atoms with Crippen LogP contribution in [-0.2, 0) is 16.1 Å². The first kappa shape index (κ1) is 17.4. The normalized spacial score (nSPS) is 21.8. The third-order valence-corrected chi connectivity index (χ3v) is 4.29. The molecule has 1 aliphatic rings. The smallest absolute Gasteiger partial charge is 0.244 e. The molecule has 3 heterocycles. The van der Waals surface area contributed by atoms with Crippen molar-refractivity contribution in [3.8, 4) is 0 Å². The predicted octanol–water partition coefficient (Wildman–Crippen LogP) is 2.09. The molecular weight excluding hydrogens is 318 g/mol. The monoisotopic (exact) mass is 343 g/mol. The van der Waals surface area contributed by atoms with Crippen molar-refractivity contribution in [2.45, 2.75) is 45.6 Å². The molecule has 1 aliphatic heterocycles. The highest BCUT2D eigenvalue weighted by Gasteiger charge is 2.26. The summed E-state index contributed by atoms with van der Waals surface area (Å²) in [5.41, 5.74) is 2.04. The fraction of sp³-hybridized carbons (Fsp3) is 0.500. The van der Waals surface area contributed by atoms with E-state index < -0.39 is 0 Å². The van der Waals surface area contributed by atoms with Gasteiger partial charge in [0.1, 0.15) is 6.54 Å². The van der Waals surface area contributed by atoms with E-state index in [4.69, 9.17) is 4.74 Å². The van der Waals surface area contributed by atoms with Gasteiger partial charge in [-0.3, -0.25) is 14.5 Å². The number of morpholine rings is 1. The molecule has 3 atom stereocenters. The molecule has 3 rings (SSSR count). The molecule has 7 heteroatoms. The number of anilines is 1. The van der Waals surface area contributed by atoms with Crippen LogP contribution in [0.25, 0.3) is 0 Å². The van der Waals surface area contributed by atoms with Crippen LogP contribution in [-0.4, -0.2) is 50.9 Å². The lowest BCUT2D eigenvalue weighted by Gasteiger charge is -2.35. The minimum atomic E-state index is 0.0684. The summed E-state index contributed by atoms with van der Waals surface area (Å²) in [6.07, 6.45) is 7.31. The first-order valence-electron chi connectivity index (χ1n) is 8.63.